The van der Waals surface area contributed by atoms with Gasteiger partial charge in [-0.1, -0.05) is 77.9 Å². The molecule has 6 nitrogen and oxygen atoms in total. The van der Waals surface area contributed by atoms with Crippen LogP contribution in [0.2, 0.25) is 0 Å². The maximum absolute atomic E-state index is 12.8. The highest BCUT2D eigenvalue weighted by Crippen LogP contribution is 2.47. The molecule has 0 spiro atoms. The SMILES string of the molecule is C[C@@H]1O[C@H](CO)C(O)C1NC(=O)OCC1c2cc(C(C)(C)C)ccc2-c2ccc(C(C)(C)C)cc21. The standard InChI is InChI=1S/C29H39NO5/c1-16-25(26(32)24(14-31)35-16)30-27(33)34-15-23-21-12-17(28(2,3)4)8-10-19(21)20-11-9-18(13-22(20)23)29(5,6)7/h8-13,16,23-26,31-32H,14-15H2,1-7H3,(H,30,33)/t16-,24+,25?,26?/m0/s1. The van der Waals surface area contributed by atoms with Gasteiger partial charge >= 0.3 is 6.09 Å². The van der Waals surface area contributed by atoms with E-state index in [2.05, 4.69) is 83.3 Å². The molecule has 1 heterocycles. The van der Waals surface area contributed by atoms with E-state index in [0.717, 1.165) is 0 Å². The number of nitrogens with one attached hydrogen (secondary N) is 1. The lowest BCUT2D eigenvalue weighted by Crippen LogP contribution is -2.47. The fourth-order valence-corrected chi connectivity index (χ4v) is 5.11. The summed E-state index contributed by atoms with van der Waals surface area (Å²) in [4.78, 5) is 12.8. The smallest absolute Gasteiger partial charge is 0.407 e. The van der Waals surface area contributed by atoms with Crippen molar-refractivity contribution in [1.82, 2.24) is 5.32 Å². The Balaban J connectivity index is 1.60. The predicted molar refractivity (Wildman–Crippen MR) is 137 cm³/mol. The van der Waals surface area contributed by atoms with E-state index in [1.165, 1.54) is 33.4 Å². The third-order valence-corrected chi connectivity index (χ3v) is 7.37. The number of fused-ring (bicyclic) bond motifs is 3. The Labute approximate surface area is 208 Å². The van der Waals surface area contributed by atoms with Crippen LogP contribution < -0.4 is 5.32 Å². The monoisotopic (exact) mass is 481 g/mol. The molecule has 0 aromatic heterocycles. The topological polar surface area (TPSA) is 88.0 Å². The maximum Gasteiger partial charge on any atom is 0.407 e. The average Bonchev–Trinajstić information content (AvgIpc) is 3.24. The molecule has 1 aliphatic heterocycles. The van der Waals surface area contributed by atoms with Crippen molar-refractivity contribution in [2.24, 2.45) is 0 Å². The summed E-state index contributed by atoms with van der Waals surface area (Å²) in [6, 6.07) is 12.6. The lowest BCUT2D eigenvalue weighted by atomic mass is 9.83. The minimum Gasteiger partial charge on any atom is -0.449 e. The zero-order chi connectivity index (χ0) is 25.7. The van der Waals surface area contributed by atoms with Crippen LogP contribution in [0.25, 0.3) is 11.1 Å². The first-order valence-corrected chi connectivity index (χ1v) is 12.5. The minimum atomic E-state index is -0.987. The van der Waals surface area contributed by atoms with Crippen LogP contribution in [0.5, 0.6) is 0 Å². The van der Waals surface area contributed by atoms with E-state index < -0.39 is 30.4 Å². The molecule has 3 N–H and O–H groups in total. The number of rotatable bonds is 4. The van der Waals surface area contributed by atoms with Crippen molar-refractivity contribution in [1.29, 1.82) is 0 Å². The zero-order valence-electron chi connectivity index (χ0n) is 21.9. The van der Waals surface area contributed by atoms with Crippen LogP contribution in [0.15, 0.2) is 36.4 Å². The first-order valence-electron chi connectivity index (χ1n) is 12.5. The molecule has 190 valence electrons. The Kier molecular flexibility index (Phi) is 6.77. The van der Waals surface area contributed by atoms with Crippen molar-refractivity contribution < 1.29 is 24.5 Å². The third kappa shape index (κ3) is 4.97. The Bertz CT molecular complexity index is 1030. The largest absolute Gasteiger partial charge is 0.449 e. The van der Waals surface area contributed by atoms with Gasteiger partial charge in [0, 0.05) is 5.92 Å². The third-order valence-electron chi connectivity index (χ3n) is 7.37. The maximum atomic E-state index is 12.8. The van der Waals surface area contributed by atoms with Gasteiger partial charge in [-0.25, -0.2) is 4.79 Å². The van der Waals surface area contributed by atoms with E-state index in [0.29, 0.717) is 0 Å². The van der Waals surface area contributed by atoms with E-state index in [9.17, 15) is 15.0 Å². The highest BCUT2D eigenvalue weighted by molar-refractivity contribution is 5.80. The number of benzene rings is 2. The molecule has 2 aromatic carbocycles. The van der Waals surface area contributed by atoms with Gasteiger partial charge in [-0.2, -0.15) is 0 Å². The van der Waals surface area contributed by atoms with Crippen LogP contribution in [-0.2, 0) is 20.3 Å². The molecule has 0 bridgehead atoms. The van der Waals surface area contributed by atoms with Gasteiger partial charge < -0.3 is 25.0 Å². The summed E-state index contributed by atoms with van der Waals surface area (Å²) in [5.41, 5.74) is 7.19. The Morgan fingerprint density at radius 1 is 0.971 bits per heavy atom. The molecular formula is C29H39NO5. The molecule has 1 aliphatic carbocycles. The molecule has 4 atom stereocenters. The molecule has 2 aromatic rings. The molecule has 1 amide bonds. The van der Waals surface area contributed by atoms with E-state index in [1.54, 1.807) is 6.92 Å². The highest BCUT2D eigenvalue weighted by Gasteiger charge is 2.42. The first kappa shape index (κ1) is 25.7. The molecule has 0 radical (unpaired) electrons. The van der Waals surface area contributed by atoms with E-state index in [4.69, 9.17) is 9.47 Å². The predicted octanol–water partition coefficient (Wildman–Crippen LogP) is 4.63. The van der Waals surface area contributed by atoms with Crippen molar-refractivity contribution in [3.05, 3.63) is 58.7 Å². The van der Waals surface area contributed by atoms with Gasteiger partial charge in [-0.05, 0) is 51.1 Å². The Morgan fingerprint density at radius 3 is 1.91 bits per heavy atom. The van der Waals surface area contributed by atoms with Gasteiger partial charge in [0.2, 0.25) is 0 Å². The van der Waals surface area contributed by atoms with Crippen molar-refractivity contribution in [2.45, 2.75) is 89.6 Å². The van der Waals surface area contributed by atoms with Gasteiger partial charge in [0.05, 0.1) is 18.8 Å². The fourth-order valence-electron chi connectivity index (χ4n) is 5.11. The quantitative estimate of drug-likeness (QED) is 0.593. The summed E-state index contributed by atoms with van der Waals surface area (Å²) >= 11 is 0. The van der Waals surface area contributed by atoms with Gasteiger partial charge in [0.1, 0.15) is 18.8 Å². The number of aliphatic hydroxyl groups excluding tert-OH is 2. The second-order valence-electron chi connectivity index (χ2n) is 12.0. The summed E-state index contributed by atoms with van der Waals surface area (Å²) in [5, 5.41) is 22.5. The number of carbonyl (C=O) groups excluding carboxylic acids is 1. The van der Waals surface area contributed by atoms with Crippen LogP contribution in [0.3, 0.4) is 0 Å². The molecule has 2 aliphatic rings. The number of hydrogen-bond acceptors (Lipinski definition) is 5. The number of carbonyl (C=O) groups is 1. The summed E-state index contributed by atoms with van der Waals surface area (Å²) in [7, 11) is 0. The normalized spacial score (nSPS) is 24.3. The first-order chi connectivity index (χ1) is 16.3. The molecule has 4 rings (SSSR count). The highest BCUT2D eigenvalue weighted by atomic mass is 16.6. The van der Waals surface area contributed by atoms with Crippen LogP contribution in [0.4, 0.5) is 4.79 Å². The lowest BCUT2D eigenvalue weighted by molar-refractivity contribution is -0.0170. The summed E-state index contributed by atoms with van der Waals surface area (Å²) in [6.07, 6.45) is -2.72. The summed E-state index contributed by atoms with van der Waals surface area (Å²) < 4.78 is 11.3. The van der Waals surface area contributed by atoms with Crippen molar-refractivity contribution in [2.75, 3.05) is 13.2 Å². The Morgan fingerprint density at radius 2 is 1.49 bits per heavy atom. The summed E-state index contributed by atoms with van der Waals surface area (Å²) in [5.74, 6) is -0.0808. The second kappa shape index (κ2) is 9.23. The Hall–Kier alpha value is -2.41. The van der Waals surface area contributed by atoms with Gasteiger partial charge in [-0.3, -0.25) is 0 Å². The van der Waals surface area contributed by atoms with Gasteiger partial charge in [0.25, 0.3) is 0 Å². The molecule has 1 fully saturated rings. The van der Waals surface area contributed by atoms with Gasteiger partial charge in [-0.15, -0.1) is 0 Å². The number of ether oxygens (including phenoxy) is 2. The van der Waals surface area contributed by atoms with E-state index in [1.807, 2.05) is 0 Å². The van der Waals surface area contributed by atoms with E-state index >= 15 is 0 Å². The number of alkyl carbamates (subject to hydrolysis) is 1. The van der Waals surface area contributed by atoms with Crippen LogP contribution in [0, 0.1) is 0 Å². The van der Waals surface area contributed by atoms with Crippen LogP contribution in [-0.4, -0.2) is 53.9 Å². The van der Waals surface area contributed by atoms with Crippen molar-refractivity contribution >= 4 is 6.09 Å². The minimum absolute atomic E-state index is 0.00114. The lowest BCUT2D eigenvalue weighted by Gasteiger charge is -2.23. The molecule has 6 heteroatoms. The van der Waals surface area contributed by atoms with Gasteiger partial charge in [0.15, 0.2) is 0 Å². The zero-order valence-corrected chi connectivity index (χ0v) is 21.9. The molecular weight excluding hydrogens is 442 g/mol. The molecule has 1 saturated heterocycles. The van der Waals surface area contributed by atoms with Crippen LogP contribution in [0.1, 0.15) is 76.6 Å². The number of aliphatic hydroxyl groups is 2. The second-order valence-corrected chi connectivity index (χ2v) is 12.0. The number of hydrogen-bond donors (Lipinski definition) is 3. The van der Waals surface area contributed by atoms with Crippen molar-refractivity contribution in [3.63, 3.8) is 0 Å². The summed E-state index contributed by atoms with van der Waals surface area (Å²) in [6.45, 7) is 14.8. The average molecular weight is 482 g/mol. The molecule has 35 heavy (non-hydrogen) atoms. The van der Waals surface area contributed by atoms with Crippen LogP contribution >= 0.6 is 0 Å². The molecule has 2 unspecified atom stereocenters. The fraction of sp³-hybridized carbons (Fsp3) is 0.552. The molecule has 0 saturated carbocycles. The van der Waals surface area contributed by atoms with Crippen molar-refractivity contribution in [3.8, 4) is 11.1 Å². The number of amides is 1. The van der Waals surface area contributed by atoms with E-state index in [-0.39, 0.29) is 30.0 Å².